The fourth-order valence-electron chi connectivity index (χ4n) is 1.75. The van der Waals surface area contributed by atoms with Crippen molar-refractivity contribution in [3.63, 3.8) is 0 Å². The van der Waals surface area contributed by atoms with Crippen molar-refractivity contribution in [1.82, 2.24) is 5.16 Å². The highest BCUT2D eigenvalue weighted by Crippen LogP contribution is 2.29. The van der Waals surface area contributed by atoms with E-state index >= 15 is 0 Å². The first-order valence-electron chi connectivity index (χ1n) is 5.99. The van der Waals surface area contributed by atoms with Gasteiger partial charge in [0.05, 0.1) is 5.56 Å². The van der Waals surface area contributed by atoms with Gasteiger partial charge in [-0.25, -0.2) is 4.39 Å². The van der Waals surface area contributed by atoms with E-state index in [2.05, 4.69) is 5.16 Å². The lowest BCUT2D eigenvalue weighted by Crippen LogP contribution is -2.10. The van der Waals surface area contributed by atoms with E-state index in [9.17, 15) is 4.39 Å². The Hall–Kier alpha value is -2.06. The predicted molar refractivity (Wildman–Crippen MR) is 71.1 cm³/mol. The number of ether oxygens (including phenoxy) is 1. The molecule has 0 N–H and O–H groups in total. The first-order valence-corrected chi connectivity index (χ1v) is 6.52. The molecule has 0 radical (unpaired) electrons. The third kappa shape index (κ3) is 3.09. The van der Waals surface area contributed by atoms with Gasteiger partial charge in [0.2, 0.25) is 0 Å². The molecule has 0 saturated carbocycles. The van der Waals surface area contributed by atoms with Gasteiger partial charge in [0.15, 0.2) is 0 Å². The Morgan fingerprint density at radius 1 is 1.55 bits per heavy atom. The molecule has 0 amide bonds. The molecule has 2 rings (SSSR count). The molecule has 0 aliphatic rings. The molecule has 6 heteroatoms. The average Bonchev–Trinajstić information content (AvgIpc) is 2.96. The summed E-state index contributed by atoms with van der Waals surface area (Å²) in [5.74, 6) is 0.230. The molecule has 0 aliphatic carbocycles. The summed E-state index contributed by atoms with van der Waals surface area (Å²) in [7, 11) is 0. The first-order chi connectivity index (χ1) is 9.65. The van der Waals surface area contributed by atoms with Gasteiger partial charge in [-0.3, -0.25) is 0 Å². The standard InChI is InChI=1S/C14H12ClFN2O2/c1-9-6-14(10(8-17)7-11(9)16)20-13(2-4-15)12-3-5-19-18-12/h3,5-7,13H,2,4H2,1H3/t13-/m1/s1. The molecular formula is C14H12ClFN2O2. The van der Waals surface area contributed by atoms with Gasteiger partial charge in [-0.05, 0) is 24.6 Å². The van der Waals surface area contributed by atoms with Gasteiger partial charge in [-0.1, -0.05) is 5.16 Å². The Bertz CT molecular complexity index is 623. The van der Waals surface area contributed by atoms with Crippen LogP contribution in [0, 0.1) is 24.1 Å². The smallest absolute Gasteiger partial charge is 0.145 e. The monoisotopic (exact) mass is 294 g/mol. The number of nitrogens with zero attached hydrogens (tertiary/aromatic N) is 2. The van der Waals surface area contributed by atoms with Crippen LogP contribution in [0.4, 0.5) is 4.39 Å². The summed E-state index contributed by atoms with van der Waals surface area (Å²) >= 11 is 5.75. The van der Waals surface area contributed by atoms with Gasteiger partial charge in [-0.2, -0.15) is 5.26 Å². The molecule has 1 atom stereocenters. The van der Waals surface area contributed by atoms with E-state index in [0.717, 1.165) is 6.07 Å². The minimum absolute atomic E-state index is 0.135. The van der Waals surface area contributed by atoms with E-state index in [4.69, 9.17) is 26.1 Å². The van der Waals surface area contributed by atoms with Crippen molar-refractivity contribution >= 4 is 11.6 Å². The highest BCUT2D eigenvalue weighted by Gasteiger charge is 2.19. The van der Waals surface area contributed by atoms with Crippen LogP contribution < -0.4 is 4.74 Å². The summed E-state index contributed by atoms with van der Waals surface area (Å²) in [6.45, 7) is 1.61. The molecule has 1 aromatic carbocycles. The van der Waals surface area contributed by atoms with Gasteiger partial charge in [-0.15, -0.1) is 11.6 Å². The Balaban J connectivity index is 2.31. The van der Waals surface area contributed by atoms with Crippen LogP contribution in [0.5, 0.6) is 5.75 Å². The van der Waals surface area contributed by atoms with Crippen molar-refractivity contribution in [3.8, 4) is 11.8 Å². The van der Waals surface area contributed by atoms with E-state index in [1.165, 1.54) is 12.3 Å². The Morgan fingerprint density at radius 2 is 2.35 bits per heavy atom. The molecule has 4 nitrogen and oxygen atoms in total. The van der Waals surface area contributed by atoms with Crippen LogP contribution in [-0.2, 0) is 0 Å². The van der Waals surface area contributed by atoms with Gasteiger partial charge in [0.25, 0.3) is 0 Å². The van der Waals surface area contributed by atoms with Crippen LogP contribution >= 0.6 is 11.6 Å². The second kappa shape index (κ2) is 6.40. The van der Waals surface area contributed by atoms with Crippen LogP contribution in [0.2, 0.25) is 0 Å². The molecule has 0 saturated heterocycles. The predicted octanol–water partition coefficient (Wildman–Crippen LogP) is 3.74. The van der Waals surface area contributed by atoms with Crippen LogP contribution in [0.15, 0.2) is 29.0 Å². The fraction of sp³-hybridized carbons (Fsp3) is 0.286. The van der Waals surface area contributed by atoms with Crippen molar-refractivity contribution in [1.29, 1.82) is 5.26 Å². The van der Waals surface area contributed by atoms with E-state index in [0.29, 0.717) is 29.3 Å². The number of benzene rings is 1. The molecule has 0 bridgehead atoms. The fourth-order valence-corrected chi connectivity index (χ4v) is 1.95. The number of hydrogen-bond acceptors (Lipinski definition) is 4. The van der Waals surface area contributed by atoms with Crippen LogP contribution in [0.1, 0.15) is 29.3 Å². The number of halogens is 2. The Labute approximate surface area is 120 Å². The molecule has 104 valence electrons. The van der Waals surface area contributed by atoms with Crippen molar-refractivity contribution < 1.29 is 13.7 Å². The Kier molecular flexibility index (Phi) is 4.59. The topological polar surface area (TPSA) is 59.1 Å². The number of hydrogen-bond donors (Lipinski definition) is 0. The van der Waals surface area contributed by atoms with Crippen molar-refractivity contribution in [2.45, 2.75) is 19.4 Å². The summed E-state index contributed by atoms with van der Waals surface area (Å²) in [6.07, 6.45) is 1.49. The minimum atomic E-state index is -0.441. The second-order valence-electron chi connectivity index (χ2n) is 4.22. The molecular weight excluding hydrogens is 283 g/mol. The maximum atomic E-state index is 13.4. The quantitative estimate of drug-likeness (QED) is 0.788. The molecule has 1 heterocycles. The molecule has 20 heavy (non-hydrogen) atoms. The van der Waals surface area contributed by atoms with E-state index < -0.39 is 11.9 Å². The highest BCUT2D eigenvalue weighted by molar-refractivity contribution is 6.17. The van der Waals surface area contributed by atoms with Crippen molar-refractivity contribution in [2.75, 3.05) is 5.88 Å². The molecule has 0 spiro atoms. The summed E-state index contributed by atoms with van der Waals surface area (Å²) < 4.78 is 24.0. The normalized spacial score (nSPS) is 11.9. The molecule has 0 fully saturated rings. The summed E-state index contributed by atoms with van der Waals surface area (Å²) in [5, 5.41) is 12.9. The van der Waals surface area contributed by atoms with Gasteiger partial charge < -0.3 is 9.26 Å². The molecule has 2 aromatic rings. The SMILES string of the molecule is Cc1cc(O[C@H](CCCl)c2ccon2)c(C#N)cc1F. The second-order valence-corrected chi connectivity index (χ2v) is 4.60. The lowest BCUT2D eigenvalue weighted by atomic mass is 10.1. The third-order valence-corrected chi connectivity index (χ3v) is 3.03. The summed E-state index contributed by atoms with van der Waals surface area (Å²) in [5.41, 5.74) is 1.12. The van der Waals surface area contributed by atoms with Crippen LogP contribution in [-0.4, -0.2) is 11.0 Å². The lowest BCUT2D eigenvalue weighted by Gasteiger charge is -2.17. The third-order valence-electron chi connectivity index (χ3n) is 2.81. The van der Waals surface area contributed by atoms with Crippen molar-refractivity contribution in [3.05, 3.63) is 47.1 Å². The van der Waals surface area contributed by atoms with Gasteiger partial charge >= 0.3 is 0 Å². The van der Waals surface area contributed by atoms with E-state index in [1.807, 2.05) is 6.07 Å². The average molecular weight is 295 g/mol. The number of alkyl halides is 1. The van der Waals surface area contributed by atoms with Crippen molar-refractivity contribution in [2.24, 2.45) is 0 Å². The zero-order chi connectivity index (χ0) is 14.5. The molecule has 0 unspecified atom stereocenters. The zero-order valence-corrected chi connectivity index (χ0v) is 11.5. The van der Waals surface area contributed by atoms with Gasteiger partial charge in [0.1, 0.15) is 35.7 Å². The minimum Gasteiger partial charge on any atom is -0.483 e. The molecule has 1 aromatic heterocycles. The summed E-state index contributed by atoms with van der Waals surface area (Å²) in [6, 6.07) is 6.23. The number of aromatic nitrogens is 1. The Morgan fingerprint density at radius 3 is 2.95 bits per heavy atom. The van der Waals surface area contributed by atoms with Gasteiger partial charge in [0, 0.05) is 18.4 Å². The number of nitriles is 1. The highest BCUT2D eigenvalue weighted by atomic mass is 35.5. The van der Waals surface area contributed by atoms with E-state index in [1.54, 1.807) is 13.0 Å². The largest absolute Gasteiger partial charge is 0.483 e. The summed E-state index contributed by atoms with van der Waals surface area (Å²) in [4.78, 5) is 0. The number of aryl methyl sites for hydroxylation is 1. The van der Waals surface area contributed by atoms with E-state index in [-0.39, 0.29) is 5.56 Å². The zero-order valence-electron chi connectivity index (χ0n) is 10.8. The van der Waals surface area contributed by atoms with Crippen LogP contribution in [0.3, 0.4) is 0 Å². The number of rotatable bonds is 5. The van der Waals surface area contributed by atoms with Crippen LogP contribution in [0.25, 0.3) is 0 Å². The lowest BCUT2D eigenvalue weighted by molar-refractivity contribution is 0.190. The maximum Gasteiger partial charge on any atom is 0.145 e. The maximum absolute atomic E-state index is 13.4. The molecule has 0 aliphatic heterocycles. The first kappa shape index (κ1) is 14.4.